The fraction of sp³-hybridized carbons (Fsp3) is 0.722. The van der Waals surface area contributed by atoms with E-state index in [1.165, 1.54) is 0 Å². The third-order valence-electron chi connectivity index (χ3n) is 4.58. The van der Waals surface area contributed by atoms with Crippen LogP contribution in [0.3, 0.4) is 0 Å². The first-order valence-corrected chi connectivity index (χ1v) is 8.76. The number of nitrogens with zero attached hydrogens (tertiary/aromatic N) is 2. The number of rotatable bonds is 7. The van der Waals surface area contributed by atoms with Gasteiger partial charge in [0.15, 0.2) is 0 Å². The highest BCUT2D eigenvalue weighted by molar-refractivity contribution is 5.83. The molecule has 1 saturated heterocycles. The van der Waals surface area contributed by atoms with Crippen molar-refractivity contribution < 1.29 is 19.1 Å². The summed E-state index contributed by atoms with van der Waals surface area (Å²) in [5.74, 6) is 1.63. The molecule has 1 amide bonds. The van der Waals surface area contributed by atoms with Gasteiger partial charge < -0.3 is 19.2 Å². The van der Waals surface area contributed by atoms with Crippen LogP contribution in [0.4, 0.5) is 0 Å². The Bertz CT molecular complexity index is 535. The molecule has 6 nitrogen and oxygen atoms in total. The number of β-amino-alcohol motifs (C(OH)–C–C–N with tert-alkyl or cyclic N) is 1. The van der Waals surface area contributed by atoms with Crippen LogP contribution in [0.25, 0.3) is 0 Å². The lowest BCUT2D eigenvalue weighted by Gasteiger charge is -2.36. The molecule has 136 valence electrons. The molecule has 1 aliphatic heterocycles. The van der Waals surface area contributed by atoms with Crippen molar-refractivity contribution in [2.75, 3.05) is 45.9 Å². The number of ether oxygens (including phenoxy) is 1. The molecule has 1 N–H and O–H groups in total. The lowest BCUT2D eigenvalue weighted by atomic mass is 9.99. The lowest BCUT2D eigenvalue weighted by molar-refractivity contribution is -0.134. The minimum absolute atomic E-state index is 0.147. The van der Waals surface area contributed by atoms with Crippen molar-refractivity contribution in [3.8, 4) is 0 Å². The number of aliphatic hydroxyl groups excluding tert-OH is 1. The van der Waals surface area contributed by atoms with Crippen molar-refractivity contribution >= 4 is 5.91 Å². The molecule has 6 heteroatoms. The molecular weight excluding hydrogens is 308 g/mol. The van der Waals surface area contributed by atoms with Crippen LogP contribution in [0.2, 0.25) is 0 Å². The van der Waals surface area contributed by atoms with E-state index in [9.17, 15) is 9.90 Å². The second-order valence-electron chi connectivity index (χ2n) is 6.53. The van der Waals surface area contributed by atoms with E-state index in [0.29, 0.717) is 32.8 Å². The molecule has 1 aromatic heterocycles. The predicted molar refractivity (Wildman–Crippen MR) is 92.1 cm³/mol. The quantitative estimate of drug-likeness (QED) is 0.817. The summed E-state index contributed by atoms with van der Waals surface area (Å²) in [6, 6.07) is 1.96. The van der Waals surface area contributed by atoms with Gasteiger partial charge in [0.05, 0.1) is 18.6 Å². The minimum atomic E-state index is -0.470. The summed E-state index contributed by atoms with van der Waals surface area (Å²) in [5.41, 5.74) is 0.979. The molecule has 24 heavy (non-hydrogen) atoms. The third kappa shape index (κ3) is 4.82. The molecule has 0 radical (unpaired) electrons. The monoisotopic (exact) mass is 338 g/mol. The summed E-state index contributed by atoms with van der Waals surface area (Å²) in [7, 11) is 0. The van der Waals surface area contributed by atoms with E-state index >= 15 is 0 Å². The van der Waals surface area contributed by atoms with Crippen molar-refractivity contribution in [1.82, 2.24) is 9.80 Å². The van der Waals surface area contributed by atoms with Crippen molar-refractivity contribution in [3.05, 3.63) is 23.2 Å². The molecule has 1 aliphatic rings. The number of carbonyl (C=O) groups is 1. The molecule has 0 bridgehead atoms. The Hall–Kier alpha value is -1.37. The summed E-state index contributed by atoms with van der Waals surface area (Å²) in [5, 5.41) is 9.92. The normalized spacial score (nSPS) is 18.6. The Labute approximate surface area is 144 Å². The summed E-state index contributed by atoms with van der Waals surface area (Å²) < 4.78 is 10.8. The minimum Gasteiger partial charge on any atom is -0.466 e. The standard InChI is InChI=1S/C18H30N2O4/c1-5-23-12-16(21)11-19-6-8-20(9-7-19)18(22)14(3)17-10-13(2)24-15(17)4/h10,14,16,21H,5-9,11-12H2,1-4H3/t14-,16-/m1/s1. The van der Waals surface area contributed by atoms with Crippen LogP contribution >= 0.6 is 0 Å². The van der Waals surface area contributed by atoms with Crippen molar-refractivity contribution in [2.45, 2.75) is 39.7 Å². The van der Waals surface area contributed by atoms with Crippen LogP contribution in [-0.2, 0) is 9.53 Å². The average molecular weight is 338 g/mol. The Kier molecular flexibility index (Phi) is 6.83. The number of hydrogen-bond acceptors (Lipinski definition) is 5. The highest BCUT2D eigenvalue weighted by atomic mass is 16.5. The van der Waals surface area contributed by atoms with Crippen molar-refractivity contribution in [1.29, 1.82) is 0 Å². The van der Waals surface area contributed by atoms with E-state index in [1.807, 2.05) is 38.7 Å². The first-order chi connectivity index (χ1) is 11.4. The van der Waals surface area contributed by atoms with Gasteiger partial charge in [-0.1, -0.05) is 0 Å². The first kappa shape index (κ1) is 19.0. The molecule has 1 fully saturated rings. The van der Waals surface area contributed by atoms with E-state index < -0.39 is 6.10 Å². The third-order valence-corrected chi connectivity index (χ3v) is 4.58. The van der Waals surface area contributed by atoms with E-state index in [2.05, 4.69) is 4.90 Å². The SMILES string of the molecule is CCOC[C@H](O)CN1CCN(C(=O)[C@H](C)c2cc(C)oc2C)CC1. The molecular formula is C18H30N2O4. The topological polar surface area (TPSA) is 66.2 Å². The van der Waals surface area contributed by atoms with Crippen LogP contribution in [0, 0.1) is 13.8 Å². The van der Waals surface area contributed by atoms with Gasteiger partial charge in [-0.05, 0) is 33.8 Å². The Morgan fingerprint density at radius 1 is 1.33 bits per heavy atom. The number of carbonyl (C=O) groups excluding carboxylic acids is 1. The average Bonchev–Trinajstić information content (AvgIpc) is 2.90. The van der Waals surface area contributed by atoms with Crippen LogP contribution in [0.15, 0.2) is 10.5 Å². The van der Waals surface area contributed by atoms with Crippen molar-refractivity contribution in [3.63, 3.8) is 0 Å². The van der Waals surface area contributed by atoms with Crippen molar-refractivity contribution in [2.24, 2.45) is 0 Å². The smallest absolute Gasteiger partial charge is 0.230 e. The summed E-state index contributed by atoms with van der Waals surface area (Å²) in [4.78, 5) is 16.8. The van der Waals surface area contributed by atoms with Gasteiger partial charge in [-0.15, -0.1) is 0 Å². The largest absolute Gasteiger partial charge is 0.466 e. The van der Waals surface area contributed by atoms with E-state index in [0.717, 1.165) is 30.2 Å². The van der Waals surface area contributed by atoms with Crippen LogP contribution in [-0.4, -0.2) is 72.9 Å². The van der Waals surface area contributed by atoms with E-state index in [4.69, 9.17) is 9.15 Å². The van der Waals surface area contributed by atoms with E-state index in [-0.39, 0.29) is 11.8 Å². The van der Waals surface area contributed by atoms with Gasteiger partial charge in [0.25, 0.3) is 0 Å². The molecule has 1 aromatic rings. The Morgan fingerprint density at radius 3 is 2.54 bits per heavy atom. The zero-order valence-corrected chi connectivity index (χ0v) is 15.2. The maximum Gasteiger partial charge on any atom is 0.230 e. The number of hydrogen-bond donors (Lipinski definition) is 1. The Balaban J connectivity index is 1.83. The van der Waals surface area contributed by atoms with Gasteiger partial charge in [0, 0.05) is 44.9 Å². The van der Waals surface area contributed by atoms with Crippen LogP contribution < -0.4 is 0 Å². The van der Waals surface area contributed by atoms with Gasteiger partial charge >= 0.3 is 0 Å². The fourth-order valence-corrected chi connectivity index (χ4v) is 3.24. The molecule has 0 aromatic carbocycles. The summed E-state index contributed by atoms with van der Waals surface area (Å²) in [6.45, 7) is 12.2. The predicted octanol–water partition coefficient (Wildman–Crippen LogP) is 1.54. The van der Waals surface area contributed by atoms with E-state index in [1.54, 1.807) is 0 Å². The molecule has 0 aliphatic carbocycles. The van der Waals surface area contributed by atoms with Crippen LogP contribution in [0.5, 0.6) is 0 Å². The zero-order valence-electron chi connectivity index (χ0n) is 15.2. The number of aliphatic hydroxyl groups is 1. The zero-order chi connectivity index (χ0) is 17.7. The lowest BCUT2D eigenvalue weighted by Crippen LogP contribution is -2.51. The molecule has 2 rings (SSSR count). The second-order valence-corrected chi connectivity index (χ2v) is 6.53. The van der Waals surface area contributed by atoms with Gasteiger partial charge in [-0.2, -0.15) is 0 Å². The second kappa shape index (κ2) is 8.65. The van der Waals surface area contributed by atoms with Gasteiger partial charge in [-0.3, -0.25) is 9.69 Å². The number of piperazine rings is 1. The molecule has 2 atom stereocenters. The van der Waals surface area contributed by atoms with Gasteiger partial charge in [0.1, 0.15) is 11.5 Å². The number of furan rings is 1. The summed E-state index contributed by atoms with van der Waals surface area (Å²) in [6.07, 6.45) is -0.470. The number of aryl methyl sites for hydroxylation is 2. The van der Waals surface area contributed by atoms with Crippen LogP contribution in [0.1, 0.15) is 36.8 Å². The van der Waals surface area contributed by atoms with Gasteiger partial charge in [0.2, 0.25) is 5.91 Å². The molecule has 0 unspecified atom stereocenters. The highest BCUT2D eigenvalue weighted by Gasteiger charge is 2.28. The first-order valence-electron chi connectivity index (χ1n) is 8.76. The number of amides is 1. The molecule has 0 saturated carbocycles. The van der Waals surface area contributed by atoms with Gasteiger partial charge in [-0.25, -0.2) is 0 Å². The fourth-order valence-electron chi connectivity index (χ4n) is 3.24. The molecule has 0 spiro atoms. The molecule has 2 heterocycles. The Morgan fingerprint density at radius 2 is 2.00 bits per heavy atom. The maximum atomic E-state index is 12.7. The highest BCUT2D eigenvalue weighted by Crippen LogP contribution is 2.25. The summed E-state index contributed by atoms with van der Waals surface area (Å²) >= 11 is 0. The maximum absolute atomic E-state index is 12.7.